The minimum Gasteiger partial charge on any atom is -0.295 e. The van der Waals surface area contributed by atoms with Crippen molar-refractivity contribution in [2.75, 3.05) is 19.6 Å². The third-order valence-corrected chi connectivity index (χ3v) is 7.23. The van der Waals surface area contributed by atoms with Crippen LogP contribution in [0.2, 0.25) is 0 Å². The molecule has 1 atom stereocenters. The lowest BCUT2D eigenvalue weighted by Crippen LogP contribution is -2.37. The van der Waals surface area contributed by atoms with Crippen LogP contribution in [0.4, 0.5) is 0 Å². The maximum absolute atomic E-state index is 12.8. The summed E-state index contributed by atoms with van der Waals surface area (Å²) in [7, 11) is -3.42. The first kappa shape index (κ1) is 18.6. The van der Waals surface area contributed by atoms with Crippen LogP contribution < -0.4 is 4.72 Å². The van der Waals surface area contributed by atoms with Crippen LogP contribution in [0, 0.1) is 0 Å². The smallest absolute Gasteiger partial charge is 0.215 e. The molecule has 0 spiro atoms. The van der Waals surface area contributed by atoms with E-state index >= 15 is 0 Å². The number of hydrogen-bond donors (Lipinski definition) is 1. The van der Waals surface area contributed by atoms with Crippen molar-refractivity contribution < 1.29 is 8.42 Å². The van der Waals surface area contributed by atoms with E-state index in [2.05, 4.69) is 26.4 Å². The molecule has 1 aliphatic rings. The van der Waals surface area contributed by atoms with Crippen molar-refractivity contribution in [3.8, 4) is 0 Å². The van der Waals surface area contributed by atoms with Crippen LogP contribution in [0.5, 0.6) is 0 Å². The van der Waals surface area contributed by atoms with Crippen molar-refractivity contribution in [1.29, 1.82) is 0 Å². The maximum atomic E-state index is 12.8. The number of sulfonamides is 1. The first-order valence-electron chi connectivity index (χ1n) is 9.32. The SMILES string of the molecule is O=S(=O)(Cc1cccc2ccccc12)NCC(c1ccsc1)N1CCCC1. The van der Waals surface area contributed by atoms with Gasteiger partial charge < -0.3 is 0 Å². The third-order valence-electron chi connectivity index (χ3n) is 5.23. The molecule has 2 heterocycles. The van der Waals surface area contributed by atoms with Crippen LogP contribution in [0.1, 0.15) is 30.0 Å². The number of nitrogens with zero attached hydrogens (tertiary/aromatic N) is 1. The number of likely N-dealkylation sites (tertiary alicyclic amines) is 1. The van der Waals surface area contributed by atoms with Gasteiger partial charge in [-0.25, -0.2) is 13.1 Å². The molecule has 4 rings (SSSR count). The van der Waals surface area contributed by atoms with Crippen molar-refractivity contribution in [3.05, 3.63) is 70.4 Å². The summed E-state index contributed by atoms with van der Waals surface area (Å²) in [5.74, 6) is 0.00467. The molecule has 1 aliphatic heterocycles. The van der Waals surface area contributed by atoms with Gasteiger partial charge in [0.2, 0.25) is 10.0 Å². The van der Waals surface area contributed by atoms with E-state index in [1.54, 1.807) is 11.3 Å². The van der Waals surface area contributed by atoms with E-state index < -0.39 is 10.0 Å². The number of nitrogens with one attached hydrogen (secondary N) is 1. The third kappa shape index (κ3) is 4.41. The van der Waals surface area contributed by atoms with Gasteiger partial charge in [-0.05, 0) is 64.7 Å². The Morgan fingerprint density at radius 1 is 1.04 bits per heavy atom. The minimum atomic E-state index is -3.42. The number of rotatable bonds is 7. The Labute approximate surface area is 164 Å². The predicted octanol–water partition coefficient (Wildman–Crippen LogP) is 4.16. The van der Waals surface area contributed by atoms with Gasteiger partial charge in [-0.3, -0.25) is 4.90 Å². The minimum absolute atomic E-state index is 0.00467. The fourth-order valence-electron chi connectivity index (χ4n) is 3.86. The van der Waals surface area contributed by atoms with Crippen LogP contribution in [0.3, 0.4) is 0 Å². The molecule has 0 radical (unpaired) electrons. The summed E-state index contributed by atoms with van der Waals surface area (Å²) in [6.07, 6.45) is 2.37. The topological polar surface area (TPSA) is 49.4 Å². The Bertz CT molecular complexity index is 989. The number of hydrogen-bond acceptors (Lipinski definition) is 4. The average molecular weight is 401 g/mol. The first-order chi connectivity index (χ1) is 13.1. The second-order valence-electron chi connectivity index (χ2n) is 7.06. The summed E-state index contributed by atoms with van der Waals surface area (Å²) >= 11 is 1.66. The molecule has 0 amide bonds. The first-order valence-corrected chi connectivity index (χ1v) is 11.9. The molecule has 27 heavy (non-hydrogen) atoms. The molecule has 1 saturated heterocycles. The summed E-state index contributed by atoms with van der Waals surface area (Å²) in [4.78, 5) is 2.39. The van der Waals surface area contributed by atoms with E-state index in [1.807, 2.05) is 42.5 Å². The molecule has 142 valence electrons. The molecule has 1 aromatic heterocycles. The lowest BCUT2D eigenvalue weighted by molar-refractivity contribution is 0.247. The van der Waals surface area contributed by atoms with Gasteiger partial charge in [0.25, 0.3) is 0 Å². The molecule has 3 aromatic rings. The summed E-state index contributed by atoms with van der Waals surface area (Å²) in [6, 6.07) is 16.0. The Balaban J connectivity index is 1.50. The molecule has 1 N–H and O–H groups in total. The van der Waals surface area contributed by atoms with Gasteiger partial charge in [-0.2, -0.15) is 11.3 Å². The predicted molar refractivity (Wildman–Crippen MR) is 112 cm³/mol. The van der Waals surface area contributed by atoms with Crippen LogP contribution in [-0.2, 0) is 15.8 Å². The normalized spacial score (nSPS) is 16.7. The Morgan fingerprint density at radius 2 is 1.81 bits per heavy atom. The van der Waals surface area contributed by atoms with Crippen molar-refractivity contribution >= 4 is 32.1 Å². The van der Waals surface area contributed by atoms with Gasteiger partial charge in [0.05, 0.1) is 5.75 Å². The molecular weight excluding hydrogens is 376 g/mol. The molecule has 0 saturated carbocycles. The van der Waals surface area contributed by atoms with Gasteiger partial charge in [-0.1, -0.05) is 42.5 Å². The molecule has 0 bridgehead atoms. The quantitative estimate of drug-likeness (QED) is 0.648. The highest BCUT2D eigenvalue weighted by molar-refractivity contribution is 7.88. The highest BCUT2D eigenvalue weighted by Crippen LogP contribution is 2.27. The van der Waals surface area contributed by atoms with Gasteiger partial charge in [-0.15, -0.1) is 0 Å². The van der Waals surface area contributed by atoms with Crippen LogP contribution in [0.25, 0.3) is 10.8 Å². The van der Waals surface area contributed by atoms with E-state index in [0.717, 1.165) is 29.4 Å². The van der Waals surface area contributed by atoms with E-state index in [9.17, 15) is 8.42 Å². The summed E-state index contributed by atoms with van der Waals surface area (Å²) in [5.41, 5.74) is 2.05. The molecule has 6 heteroatoms. The molecule has 2 aromatic carbocycles. The number of fused-ring (bicyclic) bond motifs is 1. The van der Waals surface area contributed by atoms with Gasteiger partial charge >= 0.3 is 0 Å². The standard InChI is InChI=1S/C21H24N2O2S2/c24-27(25,16-19-8-5-7-17-6-1-2-9-20(17)19)22-14-21(18-10-13-26-15-18)23-11-3-4-12-23/h1-2,5-10,13,15,21-22H,3-4,11-12,14,16H2. The second-order valence-corrected chi connectivity index (χ2v) is 9.65. The van der Waals surface area contributed by atoms with Crippen molar-refractivity contribution in [3.63, 3.8) is 0 Å². The molecular formula is C21H24N2O2S2. The van der Waals surface area contributed by atoms with Crippen LogP contribution in [0.15, 0.2) is 59.3 Å². The van der Waals surface area contributed by atoms with Crippen molar-refractivity contribution in [2.24, 2.45) is 0 Å². The monoisotopic (exact) mass is 400 g/mol. The number of benzene rings is 2. The Hall–Kier alpha value is -1.73. The van der Waals surface area contributed by atoms with Crippen LogP contribution >= 0.6 is 11.3 Å². The highest BCUT2D eigenvalue weighted by atomic mass is 32.2. The van der Waals surface area contributed by atoms with Crippen molar-refractivity contribution in [2.45, 2.75) is 24.6 Å². The Morgan fingerprint density at radius 3 is 2.59 bits per heavy atom. The highest BCUT2D eigenvalue weighted by Gasteiger charge is 2.25. The lowest BCUT2D eigenvalue weighted by Gasteiger charge is -2.27. The van der Waals surface area contributed by atoms with E-state index in [0.29, 0.717) is 6.54 Å². The largest absolute Gasteiger partial charge is 0.295 e. The Kier molecular flexibility index (Phi) is 5.59. The molecule has 1 fully saturated rings. The average Bonchev–Trinajstić information content (AvgIpc) is 3.36. The summed E-state index contributed by atoms with van der Waals surface area (Å²) in [6.45, 7) is 2.49. The molecule has 0 aliphatic carbocycles. The number of thiophene rings is 1. The summed E-state index contributed by atoms with van der Waals surface area (Å²) < 4.78 is 28.5. The van der Waals surface area contributed by atoms with Crippen LogP contribution in [-0.4, -0.2) is 33.0 Å². The second kappa shape index (κ2) is 8.10. The fraction of sp³-hybridized carbons (Fsp3) is 0.333. The molecule has 4 nitrogen and oxygen atoms in total. The molecule has 1 unspecified atom stereocenters. The zero-order chi connectivity index (χ0) is 18.7. The fourth-order valence-corrected chi connectivity index (χ4v) is 5.74. The lowest BCUT2D eigenvalue weighted by atomic mass is 10.1. The zero-order valence-corrected chi connectivity index (χ0v) is 16.8. The van der Waals surface area contributed by atoms with Gasteiger partial charge in [0, 0.05) is 12.6 Å². The van der Waals surface area contributed by atoms with E-state index in [-0.39, 0.29) is 11.8 Å². The van der Waals surface area contributed by atoms with Gasteiger partial charge in [0.1, 0.15) is 0 Å². The summed E-state index contributed by atoms with van der Waals surface area (Å²) in [5, 5.41) is 6.25. The van der Waals surface area contributed by atoms with Crippen molar-refractivity contribution in [1.82, 2.24) is 9.62 Å². The maximum Gasteiger partial charge on any atom is 0.215 e. The van der Waals surface area contributed by atoms with Gasteiger partial charge in [0.15, 0.2) is 0 Å². The van der Waals surface area contributed by atoms with E-state index in [1.165, 1.54) is 18.4 Å². The van der Waals surface area contributed by atoms with E-state index in [4.69, 9.17) is 0 Å². The zero-order valence-electron chi connectivity index (χ0n) is 15.2.